The second-order valence-electron chi connectivity index (χ2n) is 7.59. The quantitative estimate of drug-likeness (QED) is 0.523. The summed E-state index contributed by atoms with van der Waals surface area (Å²) in [6.45, 7) is 0. The van der Waals surface area contributed by atoms with Gasteiger partial charge in [-0.3, -0.25) is 4.79 Å². The topological polar surface area (TPSA) is 96.7 Å². The Balaban J connectivity index is 1.56. The summed E-state index contributed by atoms with van der Waals surface area (Å²) in [6, 6.07) is 16.3. The number of aryl methyl sites for hydroxylation is 1. The van der Waals surface area contributed by atoms with Crippen LogP contribution in [0.4, 0.5) is 11.5 Å². The van der Waals surface area contributed by atoms with Crippen molar-refractivity contribution in [1.29, 1.82) is 5.26 Å². The first-order valence-corrected chi connectivity index (χ1v) is 9.49. The molecule has 0 aliphatic heterocycles. The number of nitrogen functional groups attached to an aromatic ring is 1. The lowest BCUT2D eigenvalue weighted by atomic mass is 9.98. The minimum atomic E-state index is -0.232. The number of amides is 1. The Morgan fingerprint density at radius 2 is 2.14 bits per heavy atom. The van der Waals surface area contributed by atoms with E-state index in [4.69, 9.17) is 11.0 Å². The molecule has 2 aromatic heterocycles. The van der Waals surface area contributed by atoms with Crippen LogP contribution >= 0.6 is 0 Å². The SMILES string of the molecule is Cn1ccc2c(-c3cc(N)c4cnc(NC(=O)[C@H]5C[C@@H]5C#N)cc4c3)cccc21. The molecular formula is C23H19N5O. The number of pyridine rings is 1. The van der Waals surface area contributed by atoms with Crippen LogP contribution in [-0.4, -0.2) is 15.5 Å². The van der Waals surface area contributed by atoms with E-state index in [1.165, 1.54) is 0 Å². The van der Waals surface area contributed by atoms with E-state index in [0.717, 1.165) is 32.8 Å². The molecule has 3 N–H and O–H groups in total. The smallest absolute Gasteiger partial charge is 0.230 e. The summed E-state index contributed by atoms with van der Waals surface area (Å²) in [5.74, 6) is -0.0872. The molecule has 1 aliphatic rings. The predicted octanol–water partition coefficient (Wildman–Crippen LogP) is 4.07. The molecule has 6 heteroatoms. The number of fused-ring (bicyclic) bond motifs is 2. The maximum atomic E-state index is 12.3. The number of nitrogens with two attached hydrogens (primary N) is 1. The summed E-state index contributed by atoms with van der Waals surface area (Å²) in [5, 5.41) is 14.7. The summed E-state index contributed by atoms with van der Waals surface area (Å²) in [7, 11) is 2.03. The number of aromatic nitrogens is 2. The van der Waals surface area contributed by atoms with Gasteiger partial charge in [-0.15, -0.1) is 0 Å². The van der Waals surface area contributed by atoms with Gasteiger partial charge in [0.15, 0.2) is 0 Å². The number of anilines is 2. The van der Waals surface area contributed by atoms with E-state index in [1.54, 1.807) is 6.20 Å². The molecule has 0 saturated heterocycles. The minimum absolute atomic E-state index is 0.151. The van der Waals surface area contributed by atoms with Gasteiger partial charge in [-0.05, 0) is 53.3 Å². The fraction of sp³-hybridized carbons (Fsp3) is 0.174. The lowest BCUT2D eigenvalue weighted by molar-refractivity contribution is -0.117. The lowest BCUT2D eigenvalue weighted by Gasteiger charge is -2.11. The highest BCUT2D eigenvalue weighted by Crippen LogP contribution is 2.39. The van der Waals surface area contributed by atoms with E-state index < -0.39 is 0 Å². The highest BCUT2D eigenvalue weighted by molar-refractivity contribution is 6.03. The molecule has 0 radical (unpaired) electrons. The van der Waals surface area contributed by atoms with Crippen LogP contribution < -0.4 is 11.1 Å². The molecule has 29 heavy (non-hydrogen) atoms. The number of nitrogens with one attached hydrogen (secondary N) is 1. The van der Waals surface area contributed by atoms with Crippen LogP contribution in [0.3, 0.4) is 0 Å². The Morgan fingerprint density at radius 1 is 1.28 bits per heavy atom. The number of benzene rings is 2. The maximum absolute atomic E-state index is 12.3. The van der Waals surface area contributed by atoms with Gasteiger partial charge in [-0.2, -0.15) is 5.26 Å². The number of hydrogen-bond donors (Lipinski definition) is 2. The second-order valence-corrected chi connectivity index (χ2v) is 7.59. The highest BCUT2D eigenvalue weighted by atomic mass is 16.2. The van der Waals surface area contributed by atoms with Gasteiger partial charge in [0.1, 0.15) is 5.82 Å². The number of hydrogen-bond acceptors (Lipinski definition) is 4. The minimum Gasteiger partial charge on any atom is -0.398 e. The third kappa shape index (κ3) is 2.88. The van der Waals surface area contributed by atoms with Crippen LogP contribution in [0.5, 0.6) is 0 Å². The van der Waals surface area contributed by atoms with E-state index in [-0.39, 0.29) is 17.7 Å². The van der Waals surface area contributed by atoms with Gasteiger partial charge >= 0.3 is 0 Å². The van der Waals surface area contributed by atoms with Gasteiger partial charge < -0.3 is 15.6 Å². The fourth-order valence-electron chi connectivity index (χ4n) is 3.91. The largest absolute Gasteiger partial charge is 0.398 e. The number of rotatable bonds is 3. The van der Waals surface area contributed by atoms with Crippen molar-refractivity contribution in [3.8, 4) is 17.2 Å². The summed E-state index contributed by atoms with van der Waals surface area (Å²) < 4.78 is 2.09. The van der Waals surface area contributed by atoms with Crippen molar-refractivity contribution in [2.24, 2.45) is 18.9 Å². The van der Waals surface area contributed by atoms with E-state index in [1.807, 2.05) is 31.4 Å². The Labute approximate surface area is 167 Å². The molecule has 6 nitrogen and oxygen atoms in total. The van der Waals surface area contributed by atoms with E-state index in [0.29, 0.717) is 17.9 Å². The first-order valence-electron chi connectivity index (χ1n) is 9.49. The van der Waals surface area contributed by atoms with Crippen LogP contribution in [0.15, 0.2) is 54.9 Å². The Kier molecular flexibility index (Phi) is 3.78. The summed E-state index contributed by atoms with van der Waals surface area (Å²) in [6.07, 6.45) is 4.35. The first kappa shape index (κ1) is 17.3. The number of nitrogens with zero attached hydrogens (tertiary/aromatic N) is 3. The molecule has 4 aromatic rings. The van der Waals surface area contributed by atoms with Gasteiger partial charge in [0.2, 0.25) is 5.91 Å². The molecule has 0 spiro atoms. The standard InChI is InChI=1S/C23H19N5O/c1-28-6-5-17-16(3-2-4-21(17)28)13-7-14-10-22(26-12-19(14)20(25)9-13)27-23(29)18-8-15(18)11-24/h2-7,9-10,12,15,18H,8,25H2,1H3,(H,26,27,29)/t15-,18+/m1/s1. The molecule has 5 rings (SSSR count). The summed E-state index contributed by atoms with van der Waals surface area (Å²) in [4.78, 5) is 16.6. The monoisotopic (exact) mass is 381 g/mol. The number of nitriles is 1. The van der Waals surface area contributed by atoms with E-state index >= 15 is 0 Å². The molecular weight excluding hydrogens is 362 g/mol. The molecule has 1 aliphatic carbocycles. The zero-order valence-electron chi connectivity index (χ0n) is 15.9. The Morgan fingerprint density at radius 3 is 2.93 bits per heavy atom. The van der Waals surface area contributed by atoms with Gasteiger partial charge in [0, 0.05) is 41.4 Å². The maximum Gasteiger partial charge on any atom is 0.230 e. The molecule has 0 unspecified atom stereocenters. The Bertz CT molecular complexity index is 1330. The van der Waals surface area contributed by atoms with Crippen LogP contribution in [0.25, 0.3) is 32.8 Å². The third-order valence-electron chi connectivity index (χ3n) is 5.65. The van der Waals surface area contributed by atoms with E-state index in [2.05, 4.69) is 45.2 Å². The number of carbonyl (C=O) groups is 1. The fourth-order valence-corrected chi connectivity index (χ4v) is 3.91. The number of carbonyl (C=O) groups excluding carboxylic acids is 1. The van der Waals surface area contributed by atoms with Crippen molar-refractivity contribution in [2.45, 2.75) is 6.42 Å². The van der Waals surface area contributed by atoms with Crippen LogP contribution in [0.2, 0.25) is 0 Å². The summed E-state index contributed by atoms with van der Waals surface area (Å²) in [5.41, 5.74) is 10.2. The third-order valence-corrected chi connectivity index (χ3v) is 5.65. The van der Waals surface area contributed by atoms with Gasteiger partial charge in [0.25, 0.3) is 0 Å². The molecule has 1 amide bonds. The van der Waals surface area contributed by atoms with E-state index in [9.17, 15) is 4.79 Å². The average Bonchev–Trinajstić information content (AvgIpc) is 3.43. The molecule has 1 fully saturated rings. The second kappa shape index (κ2) is 6.35. The van der Waals surface area contributed by atoms with Crippen LogP contribution in [-0.2, 0) is 11.8 Å². The highest BCUT2D eigenvalue weighted by Gasteiger charge is 2.43. The van der Waals surface area contributed by atoms with Crippen molar-refractivity contribution in [3.05, 3.63) is 54.9 Å². The van der Waals surface area contributed by atoms with Crippen molar-refractivity contribution in [2.75, 3.05) is 11.1 Å². The molecule has 2 heterocycles. The predicted molar refractivity (Wildman–Crippen MR) is 114 cm³/mol. The zero-order valence-corrected chi connectivity index (χ0v) is 15.9. The first-order chi connectivity index (χ1) is 14.0. The Hall–Kier alpha value is -3.85. The van der Waals surface area contributed by atoms with Crippen LogP contribution in [0.1, 0.15) is 6.42 Å². The molecule has 0 bridgehead atoms. The molecule has 2 aromatic carbocycles. The normalized spacial score (nSPS) is 17.9. The van der Waals surface area contributed by atoms with Crippen molar-refractivity contribution in [1.82, 2.24) is 9.55 Å². The van der Waals surface area contributed by atoms with Crippen molar-refractivity contribution in [3.63, 3.8) is 0 Å². The van der Waals surface area contributed by atoms with Gasteiger partial charge in [-0.1, -0.05) is 12.1 Å². The molecule has 2 atom stereocenters. The molecule has 1 saturated carbocycles. The van der Waals surface area contributed by atoms with Crippen LogP contribution in [0, 0.1) is 23.2 Å². The molecule has 142 valence electrons. The van der Waals surface area contributed by atoms with Crippen molar-refractivity contribution < 1.29 is 4.79 Å². The lowest BCUT2D eigenvalue weighted by Crippen LogP contribution is -2.15. The average molecular weight is 381 g/mol. The van der Waals surface area contributed by atoms with Crippen molar-refractivity contribution >= 4 is 39.1 Å². The van der Waals surface area contributed by atoms with Gasteiger partial charge in [0.05, 0.1) is 17.9 Å². The van der Waals surface area contributed by atoms with Gasteiger partial charge in [-0.25, -0.2) is 4.98 Å². The summed E-state index contributed by atoms with van der Waals surface area (Å²) >= 11 is 0. The zero-order chi connectivity index (χ0) is 20.1.